The number of alkyl carbamates (subject to hydrolysis) is 1. The Kier molecular flexibility index (Phi) is 9.87. The van der Waals surface area contributed by atoms with Crippen molar-refractivity contribution in [2.24, 2.45) is 11.3 Å². The van der Waals surface area contributed by atoms with E-state index in [1.807, 2.05) is 24.3 Å². The number of methoxy groups -OCH3 is 1. The number of nitrogens with one attached hydrogen (secondary N) is 3. The van der Waals surface area contributed by atoms with Gasteiger partial charge in [0.05, 0.1) is 25.1 Å². The van der Waals surface area contributed by atoms with Crippen molar-refractivity contribution in [2.75, 3.05) is 13.7 Å². The molecule has 0 bridgehead atoms. The molecule has 2 aliphatic carbocycles. The van der Waals surface area contributed by atoms with E-state index in [0.717, 1.165) is 5.39 Å². The van der Waals surface area contributed by atoms with Crippen LogP contribution in [0.25, 0.3) is 10.8 Å². The predicted molar refractivity (Wildman–Crippen MR) is 185 cm³/mol. The number of carbonyl (C=O) groups excluding carboxylic acids is 4. The Hall–Kier alpha value is -4.40. The van der Waals surface area contributed by atoms with Crippen LogP contribution < -0.4 is 24.8 Å². The van der Waals surface area contributed by atoms with Gasteiger partial charge in [0.15, 0.2) is 0 Å². The molecule has 1 aromatic carbocycles. The van der Waals surface area contributed by atoms with Crippen molar-refractivity contribution in [3.05, 3.63) is 43.1 Å². The summed E-state index contributed by atoms with van der Waals surface area (Å²) >= 11 is 0. The van der Waals surface area contributed by atoms with Gasteiger partial charge in [-0.05, 0) is 51.5 Å². The summed E-state index contributed by atoms with van der Waals surface area (Å²) in [7, 11) is -2.36. The number of rotatable bonds is 11. The standard InChI is InChI=1S/C35H47N5O9S/c1-9-20-17-35(20,31(43)39-50(45,46)22-14-15-22)38-28(41)25-16-21(48-29-24-13-11-10-12-23(24)26(47-8)18-36-29)19-40(25)30(42)27(33(2,3)4)37-32(44)49-34(5,6)7/h9-13,18,20-22,25,27H,1,14-17,19H2,2-8H3,(H,37,44)(H,38,41)(H,39,43)/t20-,21-,25-,27-,35-/m1/s1. The van der Waals surface area contributed by atoms with Crippen molar-refractivity contribution >= 4 is 44.6 Å². The number of nitrogens with zero attached hydrogens (tertiary/aromatic N) is 2. The number of hydrogen-bond donors (Lipinski definition) is 3. The third-order valence-corrected chi connectivity index (χ3v) is 10.9. The molecule has 272 valence electrons. The van der Waals surface area contributed by atoms with Gasteiger partial charge in [0.25, 0.3) is 5.91 Å². The lowest BCUT2D eigenvalue weighted by Crippen LogP contribution is -2.60. The van der Waals surface area contributed by atoms with Gasteiger partial charge >= 0.3 is 6.09 Å². The second-order valence-corrected chi connectivity index (χ2v) is 17.2. The van der Waals surface area contributed by atoms with Gasteiger partial charge in [0.2, 0.25) is 27.7 Å². The summed E-state index contributed by atoms with van der Waals surface area (Å²) in [4.78, 5) is 60.7. The number of benzene rings is 1. The molecule has 0 radical (unpaired) electrons. The van der Waals surface area contributed by atoms with Crippen molar-refractivity contribution in [1.82, 2.24) is 25.2 Å². The first-order valence-electron chi connectivity index (χ1n) is 16.7. The topological polar surface area (TPSA) is 182 Å². The summed E-state index contributed by atoms with van der Waals surface area (Å²) in [5.74, 6) is -1.79. The van der Waals surface area contributed by atoms with Gasteiger partial charge in [0, 0.05) is 23.1 Å². The third kappa shape index (κ3) is 7.82. The quantitative estimate of drug-likeness (QED) is 0.293. The maximum atomic E-state index is 14.4. The van der Waals surface area contributed by atoms with E-state index in [9.17, 15) is 27.6 Å². The number of pyridine rings is 1. The van der Waals surface area contributed by atoms with Crippen molar-refractivity contribution < 1.29 is 41.8 Å². The minimum Gasteiger partial charge on any atom is -0.494 e. The van der Waals surface area contributed by atoms with Crippen molar-refractivity contribution in [3.63, 3.8) is 0 Å². The van der Waals surface area contributed by atoms with Gasteiger partial charge in [-0.15, -0.1) is 6.58 Å². The lowest BCUT2D eigenvalue weighted by Gasteiger charge is -2.36. The Morgan fingerprint density at radius 3 is 2.30 bits per heavy atom. The van der Waals surface area contributed by atoms with E-state index in [-0.39, 0.29) is 25.3 Å². The Morgan fingerprint density at radius 1 is 1.08 bits per heavy atom. The molecule has 3 aliphatic rings. The van der Waals surface area contributed by atoms with Crippen LogP contribution in [0.3, 0.4) is 0 Å². The fourth-order valence-corrected chi connectivity index (χ4v) is 7.55. The number of likely N-dealkylation sites (tertiary alicyclic amines) is 1. The fourth-order valence-electron chi connectivity index (χ4n) is 6.19. The van der Waals surface area contributed by atoms with Crippen LogP contribution in [0.1, 0.15) is 67.2 Å². The molecule has 5 rings (SSSR count). The molecule has 0 unspecified atom stereocenters. The number of carbonyl (C=O) groups is 4. The van der Waals surface area contributed by atoms with E-state index in [1.165, 1.54) is 24.3 Å². The van der Waals surface area contributed by atoms with E-state index in [1.54, 1.807) is 41.5 Å². The van der Waals surface area contributed by atoms with Gasteiger partial charge in [-0.1, -0.05) is 45.0 Å². The minimum atomic E-state index is -3.90. The smallest absolute Gasteiger partial charge is 0.408 e. The van der Waals surface area contributed by atoms with E-state index < -0.39 is 79.7 Å². The van der Waals surface area contributed by atoms with Gasteiger partial charge in [0.1, 0.15) is 35.1 Å². The normalized spacial score (nSPS) is 24.1. The summed E-state index contributed by atoms with van der Waals surface area (Å²) in [6.45, 7) is 14.1. The van der Waals surface area contributed by atoms with Crippen LogP contribution in [0.15, 0.2) is 43.1 Å². The Labute approximate surface area is 292 Å². The SMILES string of the molecule is C=C[C@@H]1C[C@]1(NC(=O)[C@H]1C[C@@H](Oc2ncc(OC)c3ccccc23)CN1C(=O)[C@@H](NC(=O)OC(C)(C)C)C(C)(C)C)C(=O)NS(=O)(=O)C1CC1. The van der Waals surface area contributed by atoms with Crippen LogP contribution in [-0.4, -0.2) is 90.3 Å². The molecular formula is C35H47N5O9S. The molecule has 1 saturated heterocycles. The third-order valence-electron chi connectivity index (χ3n) is 9.09. The fraction of sp³-hybridized carbons (Fsp3) is 0.571. The summed E-state index contributed by atoms with van der Waals surface area (Å²) in [6, 6.07) is 5.09. The van der Waals surface area contributed by atoms with E-state index in [4.69, 9.17) is 14.2 Å². The van der Waals surface area contributed by atoms with Crippen LogP contribution in [-0.2, 0) is 29.1 Å². The van der Waals surface area contributed by atoms with Crippen LogP contribution in [0.4, 0.5) is 4.79 Å². The molecule has 1 aromatic heterocycles. The molecule has 14 nitrogen and oxygen atoms in total. The first-order valence-corrected chi connectivity index (χ1v) is 18.2. The molecule has 1 aliphatic heterocycles. The predicted octanol–water partition coefficient (Wildman–Crippen LogP) is 3.20. The zero-order valence-corrected chi connectivity index (χ0v) is 30.4. The van der Waals surface area contributed by atoms with Crippen LogP contribution in [0, 0.1) is 11.3 Å². The summed E-state index contributed by atoms with van der Waals surface area (Å²) in [5.41, 5.74) is -3.20. The summed E-state index contributed by atoms with van der Waals surface area (Å²) in [5, 5.41) is 6.25. The molecular weight excluding hydrogens is 666 g/mol. The highest BCUT2D eigenvalue weighted by Gasteiger charge is 2.62. The Morgan fingerprint density at radius 2 is 1.74 bits per heavy atom. The van der Waals surface area contributed by atoms with Crippen LogP contribution in [0.5, 0.6) is 11.6 Å². The Balaban J connectivity index is 1.45. The zero-order chi connectivity index (χ0) is 36.8. The molecule has 2 saturated carbocycles. The van der Waals surface area contributed by atoms with Gasteiger partial charge in [-0.3, -0.25) is 19.1 Å². The van der Waals surface area contributed by atoms with Gasteiger partial charge < -0.3 is 29.7 Å². The lowest BCUT2D eigenvalue weighted by atomic mass is 9.85. The number of sulfonamides is 1. The van der Waals surface area contributed by atoms with Gasteiger partial charge in [-0.25, -0.2) is 18.2 Å². The molecule has 15 heteroatoms. The highest BCUT2D eigenvalue weighted by Crippen LogP contribution is 2.45. The summed E-state index contributed by atoms with van der Waals surface area (Å²) < 4.78 is 44.7. The second-order valence-electron chi connectivity index (χ2n) is 15.3. The lowest BCUT2D eigenvalue weighted by molar-refractivity contribution is -0.143. The molecule has 3 fully saturated rings. The summed E-state index contributed by atoms with van der Waals surface area (Å²) in [6.07, 6.45) is 2.56. The monoisotopic (exact) mass is 713 g/mol. The van der Waals surface area contributed by atoms with Crippen molar-refractivity contribution in [2.45, 2.75) is 102 Å². The zero-order valence-electron chi connectivity index (χ0n) is 29.6. The largest absolute Gasteiger partial charge is 0.494 e. The van der Waals surface area contributed by atoms with E-state index >= 15 is 0 Å². The maximum Gasteiger partial charge on any atom is 0.408 e. The number of hydrogen-bond acceptors (Lipinski definition) is 10. The number of aromatic nitrogens is 1. The number of fused-ring (bicyclic) bond motifs is 1. The first kappa shape index (κ1) is 36.9. The molecule has 50 heavy (non-hydrogen) atoms. The molecule has 4 amide bonds. The van der Waals surface area contributed by atoms with Crippen LogP contribution in [0.2, 0.25) is 0 Å². The number of amides is 4. The maximum absolute atomic E-state index is 14.4. The van der Waals surface area contributed by atoms with E-state index in [0.29, 0.717) is 24.0 Å². The molecule has 2 heterocycles. The average molecular weight is 714 g/mol. The van der Waals surface area contributed by atoms with Gasteiger partial charge in [-0.2, -0.15) is 0 Å². The molecule has 3 N–H and O–H groups in total. The van der Waals surface area contributed by atoms with Crippen molar-refractivity contribution in [3.8, 4) is 11.6 Å². The number of ether oxygens (including phenoxy) is 3. The highest BCUT2D eigenvalue weighted by molar-refractivity contribution is 7.91. The molecule has 2 aromatic rings. The minimum absolute atomic E-state index is 0.0136. The highest BCUT2D eigenvalue weighted by atomic mass is 32.2. The Bertz CT molecular complexity index is 1800. The first-order chi connectivity index (χ1) is 23.3. The molecule has 5 atom stereocenters. The van der Waals surface area contributed by atoms with Crippen LogP contribution >= 0.6 is 0 Å². The molecule has 0 spiro atoms. The average Bonchev–Trinajstić information content (AvgIpc) is 3.95. The van der Waals surface area contributed by atoms with Crippen molar-refractivity contribution in [1.29, 1.82) is 0 Å². The second kappa shape index (κ2) is 13.4. The van der Waals surface area contributed by atoms with E-state index in [2.05, 4.69) is 26.9 Å².